The Bertz CT molecular complexity index is 559. The van der Waals surface area contributed by atoms with Crippen LogP contribution < -0.4 is 0 Å². The zero-order valence-corrected chi connectivity index (χ0v) is 13.0. The Morgan fingerprint density at radius 3 is 2.68 bits per heavy atom. The fourth-order valence-corrected chi connectivity index (χ4v) is 3.72. The highest BCUT2D eigenvalue weighted by atomic mass is 17.2. The number of ether oxygens (including phenoxy) is 1. The highest BCUT2D eigenvalue weighted by molar-refractivity contribution is 5.79. The first-order valence-electron chi connectivity index (χ1n) is 7.78. The molecule has 1 aliphatic heterocycles. The summed E-state index contributed by atoms with van der Waals surface area (Å²) in [5, 5.41) is 10.8. The third kappa shape index (κ3) is 2.16. The first-order valence-corrected chi connectivity index (χ1v) is 7.78. The van der Waals surface area contributed by atoms with Gasteiger partial charge in [0.25, 0.3) is 0 Å². The number of esters is 1. The molecule has 0 aromatic heterocycles. The van der Waals surface area contributed by atoms with E-state index in [2.05, 4.69) is 0 Å². The first-order chi connectivity index (χ1) is 10.5. The molecule has 1 aliphatic carbocycles. The van der Waals surface area contributed by atoms with Crippen molar-refractivity contribution in [2.45, 2.75) is 50.9 Å². The number of carbonyl (C=O) groups is 1. The summed E-state index contributed by atoms with van der Waals surface area (Å²) in [6.07, 6.45) is 1.94. The van der Waals surface area contributed by atoms with Crippen LogP contribution in [0.3, 0.4) is 0 Å². The number of aliphatic hydroxyl groups is 1. The number of benzene rings is 1. The Hall–Kier alpha value is -1.43. The standard InChI is InChI=1S/C17H22O5/c1-3-20-14(18)16-10-7-11-17(16,19)22-21-15(2,12-16)13-8-5-4-6-9-13/h4-6,8-9,19H,3,7,10-12H2,1-2H3. The largest absolute Gasteiger partial charge is 0.465 e. The minimum Gasteiger partial charge on any atom is -0.465 e. The molecule has 1 aromatic rings. The number of hydrogen-bond donors (Lipinski definition) is 1. The molecule has 5 nitrogen and oxygen atoms in total. The second-order valence-corrected chi connectivity index (χ2v) is 6.38. The van der Waals surface area contributed by atoms with E-state index < -0.39 is 22.8 Å². The van der Waals surface area contributed by atoms with Crippen molar-refractivity contribution in [2.24, 2.45) is 5.41 Å². The van der Waals surface area contributed by atoms with Gasteiger partial charge >= 0.3 is 5.97 Å². The van der Waals surface area contributed by atoms with Crippen molar-refractivity contribution in [2.75, 3.05) is 6.61 Å². The third-order valence-corrected chi connectivity index (χ3v) is 4.92. The number of hydrogen-bond acceptors (Lipinski definition) is 5. The minimum absolute atomic E-state index is 0.277. The van der Waals surface area contributed by atoms with Crippen LogP contribution in [-0.4, -0.2) is 23.5 Å². The average molecular weight is 306 g/mol. The maximum atomic E-state index is 12.6. The van der Waals surface area contributed by atoms with Crippen LogP contribution >= 0.6 is 0 Å². The van der Waals surface area contributed by atoms with Gasteiger partial charge in [0.2, 0.25) is 5.79 Å². The maximum Gasteiger partial charge on any atom is 0.317 e. The summed E-state index contributed by atoms with van der Waals surface area (Å²) in [5.41, 5.74) is -0.969. The van der Waals surface area contributed by atoms with Gasteiger partial charge in [0.05, 0.1) is 6.61 Å². The molecule has 1 saturated heterocycles. The predicted molar refractivity (Wildman–Crippen MR) is 78.4 cm³/mol. The summed E-state index contributed by atoms with van der Waals surface area (Å²) < 4.78 is 5.25. The topological polar surface area (TPSA) is 65.0 Å². The summed E-state index contributed by atoms with van der Waals surface area (Å²) in [6, 6.07) is 9.61. The number of rotatable bonds is 3. The molecule has 1 aromatic carbocycles. The predicted octanol–water partition coefficient (Wildman–Crippen LogP) is 2.68. The van der Waals surface area contributed by atoms with Crippen LogP contribution in [0.5, 0.6) is 0 Å². The van der Waals surface area contributed by atoms with Crippen LogP contribution in [0, 0.1) is 5.41 Å². The van der Waals surface area contributed by atoms with Crippen molar-refractivity contribution in [3.05, 3.63) is 35.9 Å². The maximum absolute atomic E-state index is 12.6. The van der Waals surface area contributed by atoms with Crippen LogP contribution in [0.15, 0.2) is 30.3 Å². The lowest BCUT2D eigenvalue weighted by molar-refractivity contribution is -0.509. The fraction of sp³-hybridized carbons (Fsp3) is 0.588. The van der Waals surface area contributed by atoms with Gasteiger partial charge in [0.15, 0.2) is 0 Å². The third-order valence-electron chi connectivity index (χ3n) is 4.92. The summed E-state index contributed by atoms with van der Waals surface area (Å²) in [4.78, 5) is 23.6. The molecule has 1 heterocycles. The van der Waals surface area contributed by atoms with Gasteiger partial charge in [0, 0.05) is 12.8 Å². The van der Waals surface area contributed by atoms with Gasteiger partial charge in [-0.3, -0.25) is 4.79 Å². The molecule has 0 bridgehead atoms. The van der Waals surface area contributed by atoms with Gasteiger partial charge in [-0.25, -0.2) is 4.89 Å². The lowest BCUT2D eigenvalue weighted by atomic mass is 9.70. The van der Waals surface area contributed by atoms with E-state index in [4.69, 9.17) is 14.5 Å². The molecule has 3 unspecified atom stereocenters. The monoisotopic (exact) mass is 306 g/mol. The average Bonchev–Trinajstić information content (AvgIpc) is 2.86. The number of fused-ring (bicyclic) bond motifs is 1. The van der Waals surface area contributed by atoms with E-state index in [0.717, 1.165) is 5.56 Å². The van der Waals surface area contributed by atoms with E-state index in [1.165, 1.54) is 0 Å². The van der Waals surface area contributed by atoms with Crippen molar-refractivity contribution in [1.29, 1.82) is 0 Å². The SMILES string of the molecule is CCOC(=O)C12CCCC1(O)OOC(C)(c1ccccc1)C2. The molecule has 3 atom stereocenters. The van der Waals surface area contributed by atoms with Crippen molar-refractivity contribution in [3.8, 4) is 0 Å². The molecule has 3 rings (SSSR count). The quantitative estimate of drug-likeness (QED) is 0.687. The van der Waals surface area contributed by atoms with Crippen molar-refractivity contribution in [3.63, 3.8) is 0 Å². The van der Waals surface area contributed by atoms with Gasteiger partial charge < -0.3 is 9.84 Å². The molecule has 22 heavy (non-hydrogen) atoms. The molecule has 1 saturated carbocycles. The molecule has 120 valence electrons. The van der Waals surface area contributed by atoms with Gasteiger partial charge in [-0.2, -0.15) is 4.89 Å². The molecule has 0 spiro atoms. The van der Waals surface area contributed by atoms with E-state index in [1.54, 1.807) is 6.92 Å². The Morgan fingerprint density at radius 2 is 2.00 bits per heavy atom. The van der Waals surface area contributed by atoms with Crippen LogP contribution in [-0.2, 0) is 24.9 Å². The zero-order chi connectivity index (χ0) is 15.8. The van der Waals surface area contributed by atoms with Gasteiger partial charge in [-0.15, -0.1) is 0 Å². The van der Waals surface area contributed by atoms with Crippen LogP contribution in [0.2, 0.25) is 0 Å². The van der Waals surface area contributed by atoms with Crippen LogP contribution in [0.1, 0.15) is 45.1 Å². The van der Waals surface area contributed by atoms with Gasteiger partial charge in [0.1, 0.15) is 11.0 Å². The Labute approximate surface area is 130 Å². The Balaban J connectivity index is 1.99. The first kappa shape index (κ1) is 15.5. The smallest absolute Gasteiger partial charge is 0.317 e. The molecule has 1 N–H and O–H groups in total. The number of carbonyl (C=O) groups excluding carboxylic acids is 1. The summed E-state index contributed by atoms with van der Waals surface area (Å²) in [7, 11) is 0. The molecular weight excluding hydrogens is 284 g/mol. The zero-order valence-electron chi connectivity index (χ0n) is 13.0. The normalized spacial score (nSPS) is 37.6. The van der Waals surface area contributed by atoms with Crippen LogP contribution in [0.4, 0.5) is 0 Å². The van der Waals surface area contributed by atoms with Crippen molar-refractivity contribution >= 4 is 5.97 Å². The van der Waals surface area contributed by atoms with Gasteiger partial charge in [-0.1, -0.05) is 30.3 Å². The molecule has 0 amide bonds. The lowest BCUT2D eigenvalue weighted by Crippen LogP contribution is -2.59. The van der Waals surface area contributed by atoms with E-state index in [1.807, 2.05) is 37.3 Å². The second kappa shape index (κ2) is 5.33. The second-order valence-electron chi connectivity index (χ2n) is 6.38. The van der Waals surface area contributed by atoms with E-state index >= 15 is 0 Å². The van der Waals surface area contributed by atoms with Gasteiger partial charge in [-0.05, 0) is 32.3 Å². The van der Waals surface area contributed by atoms with Crippen LogP contribution in [0.25, 0.3) is 0 Å². The minimum atomic E-state index is -1.60. The van der Waals surface area contributed by atoms with Crippen molar-refractivity contribution in [1.82, 2.24) is 0 Å². The molecule has 2 aliphatic rings. The molecule has 2 fully saturated rings. The summed E-state index contributed by atoms with van der Waals surface area (Å²) in [5.74, 6) is -2.01. The van der Waals surface area contributed by atoms with E-state index in [0.29, 0.717) is 25.7 Å². The lowest BCUT2D eigenvalue weighted by Gasteiger charge is -2.49. The highest BCUT2D eigenvalue weighted by Gasteiger charge is 2.67. The van der Waals surface area contributed by atoms with E-state index in [-0.39, 0.29) is 6.61 Å². The molecular formula is C17H22O5. The molecule has 5 heteroatoms. The summed E-state index contributed by atoms with van der Waals surface area (Å²) in [6.45, 7) is 3.92. The fourth-order valence-electron chi connectivity index (χ4n) is 3.72. The van der Waals surface area contributed by atoms with Crippen molar-refractivity contribution < 1.29 is 24.4 Å². The Kier molecular flexibility index (Phi) is 3.75. The highest BCUT2D eigenvalue weighted by Crippen LogP contribution is 2.58. The Morgan fingerprint density at radius 1 is 1.27 bits per heavy atom. The van der Waals surface area contributed by atoms with E-state index in [9.17, 15) is 9.90 Å². The summed E-state index contributed by atoms with van der Waals surface area (Å²) >= 11 is 0. The molecule has 0 radical (unpaired) electrons.